The van der Waals surface area contributed by atoms with Crippen molar-refractivity contribution in [3.05, 3.63) is 41.0 Å². The number of aromatic nitrogens is 3. The van der Waals surface area contributed by atoms with Gasteiger partial charge in [0, 0.05) is 29.8 Å². The number of hydrogen-bond acceptors (Lipinski definition) is 7. The van der Waals surface area contributed by atoms with Gasteiger partial charge < -0.3 is 14.8 Å². The standard InChI is InChI=1S/C21H23F3N4O4/c1-3-31-20-14(6-7-18(28-20)32-11-21(22,23)24)10-25-19(30)15-8-12(2)26-17(27-15)9-16(29)13-4-5-13/h6-8,13H,3-5,9-11H2,1-2H3,(H,25,30). The van der Waals surface area contributed by atoms with E-state index in [1.54, 1.807) is 13.8 Å². The number of carbonyl (C=O) groups is 2. The van der Waals surface area contributed by atoms with Gasteiger partial charge in [-0.25, -0.2) is 9.97 Å². The Bertz CT molecular complexity index is 993. The van der Waals surface area contributed by atoms with Gasteiger partial charge in [0.15, 0.2) is 6.61 Å². The molecule has 1 saturated carbocycles. The number of rotatable bonds is 10. The van der Waals surface area contributed by atoms with Gasteiger partial charge in [-0.3, -0.25) is 9.59 Å². The number of nitrogens with one attached hydrogen (secondary N) is 1. The largest absolute Gasteiger partial charge is 0.478 e. The second kappa shape index (κ2) is 9.92. The molecule has 3 rings (SSSR count). The molecule has 0 aromatic carbocycles. The van der Waals surface area contributed by atoms with E-state index in [0.29, 0.717) is 17.1 Å². The van der Waals surface area contributed by atoms with E-state index in [9.17, 15) is 22.8 Å². The molecule has 172 valence electrons. The third kappa shape index (κ3) is 6.89. The lowest BCUT2D eigenvalue weighted by atomic mass is 10.2. The summed E-state index contributed by atoms with van der Waals surface area (Å²) in [5, 5.41) is 2.68. The number of ketones is 1. The van der Waals surface area contributed by atoms with Crippen molar-refractivity contribution in [3.8, 4) is 11.8 Å². The number of ether oxygens (including phenoxy) is 2. The van der Waals surface area contributed by atoms with Crippen LogP contribution in [0.2, 0.25) is 0 Å². The second-order valence-electron chi connectivity index (χ2n) is 7.36. The van der Waals surface area contributed by atoms with Crippen LogP contribution in [0.1, 0.15) is 47.3 Å². The monoisotopic (exact) mass is 452 g/mol. The van der Waals surface area contributed by atoms with Crippen molar-refractivity contribution in [1.29, 1.82) is 0 Å². The van der Waals surface area contributed by atoms with E-state index in [1.807, 2.05) is 0 Å². The number of Topliss-reactive ketones (excluding diaryl/α,β-unsaturated/α-hetero) is 1. The van der Waals surface area contributed by atoms with Crippen molar-refractivity contribution < 1.29 is 32.2 Å². The molecule has 1 fully saturated rings. The van der Waals surface area contributed by atoms with Crippen LogP contribution < -0.4 is 14.8 Å². The molecule has 11 heteroatoms. The molecule has 2 aromatic heterocycles. The van der Waals surface area contributed by atoms with Gasteiger partial charge in [0.1, 0.15) is 17.3 Å². The average Bonchev–Trinajstić information content (AvgIpc) is 3.56. The van der Waals surface area contributed by atoms with Crippen LogP contribution in [-0.2, 0) is 17.8 Å². The third-order valence-corrected chi connectivity index (χ3v) is 4.52. The van der Waals surface area contributed by atoms with Crippen LogP contribution in [0.5, 0.6) is 11.8 Å². The zero-order chi connectivity index (χ0) is 23.3. The smallest absolute Gasteiger partial charge is 0.422 e. The first-order valence-corrected chi connectivity index (χ1v) is 10.1. The van der Waals surface area contributed by atoms with E-state index in [1.165, 1.54) is 18.2 Å². The number of nitrogens with zero attached hydrogens (tertiary/aromatic N) is 3. The first-order chi connectivity index (χ1) is 15.1. The lowest BCUT2D eigenvalue weighted by Crippen LogP contribution is -2.25. The maximum Gasteiger partial charge on any atom is 0.422 e. The molecule has 1 amide bonds. The highest BCUT2D eigenvalue weighted by atomic mass is 19.4. The van der Waals surface area contributed by atoms with Crippen molar-refractivity contribution >= 4 is 11.7 Å². The number of aryl methyl sites for hydroxylation is 1. The Balaban J connectivity index is 1.66. The summed E-state index contributed by atoms with van der Waals surface area (Å²) in [4.78, 5) is 37.0. The summed E-state index contributed by atoms with van der Waals surface area (Å²) in [6, 6.07) is 4.25. The number of carbonyl (C=O) groups excluding carboxylic acids is 2. The Morgan fingerprint density at radius 2 is 1.91 bits per heavy atom. The highest BCUT2D eigenvalue weighted by Gasteiger charge is 2.30. The van der Waals surface area contributed by atoms with Gasteiger partial charge in [-0.1, -0.05) is 0 Å². The highest BCUT2D eigenvalue weighted by molar-refractivity contribution is 5.92. The summed E-state index contributed by atoms with van der Waals surface area (Å²) in [5.41, 5.74) is 1.13. The summed E-state index contributed by atoms with van der Waals surface area (Å²) in [6.07, 6.45) is -2.63. The lowest BCUT2D eigenvalue weighted by Gasteiger charge is -2.13. The Kier molecular flexibility index (Phi) is 7.26. The minimum Gasteiger partial charge on any atom is -0.478 e. The van der Waals surface area contributed by atoms with Gasteiger partial charge in [-0.15, -0.1) is 0 Å². The molecule has 1 aliphatic carbocycles. The maximum atomic E-state index is 12.6. The lowest BCUT2D eigenvalue weighted by molar-refractivity contribution is -0.154. The predicted molar refractivity (Wildman–Crippen MR) is 106 cm³/mol. The quantitative estimate of drug-likeness (QED) is 0.591. The number of pyridine rings is 1. The fourth-order valence-corrected chi connectivity index (χ4v) is 2.88. The van der Waals surface area contributed by atoms with Crippen LogP contribution in [0.15, 0.2) is 18.2 Å². The van der Waals surface area contributed by atoms with Crippen molar-refractivity contribution in [2.24, 2.45) is 5.92 Å². The average molecular weight is 452 g/mol. The normalized spacial score (nSPS) is 13.5. The van der Waals surface area contributed by atoms with E-state index in [2.05, 4.69) is 25.0 Å². The van der Waals surface area contributed by atoms with Gasteiger partial charge in [-0.2, -0.15) is 18.2 Å². The van der Waals surface area contributed by atoms with Gasteiger partial charge in [0.2, 0.25) is 11.8 Å². The molecular formula is C21H23F3N4O4. The number of amides is 1. The SMILES string of the molecule is CCOc1nc(OCC(F)(F)F)ccc1CNC(=O)c1cc(C)nc(CC(=O)C2CC2)n1. The molecule has 0 unspecified atom stereocenters. The highest BCUT2D eigenvalue weighted by Crippen LogP contribution is 2.30. The van der Waals surface area contributed by atoms with Crippen LogP contribution in [0.3, 0.4) is 0 Å². The van der Waals surface area contributed by atoms with E-state index in [4.69, 9.17) is 4.74 Å². The molecule has 0 saturated heterocycles. The predicted octanol–water partition coefficient (Wildman–Crippen LogP) is 2.97. The molecule has 32 heavy (non-hydrogen) atoms. The van der Waals surface area contributed by atoms with E-state index < -0.39 is 18.7 Å². The Morgan fingerprint density at radius 1 is 1.16 bits per heavy atom. The van der Waals surface area contributed by atoms with Crippen molar-refractivity contribution in [2.45, 2.75) is 45.8 Å². The maximum absolute atomic E-state index is 12.6. The van der Waals surface area contributed by atoms with Crippen LogP contribution >= 0.6 is 0 Å². The number of alkyl halides is 3. The summed E-state index contributed by atoms with van der Waals surface area (Å²) in [6.45, 7) is 2.16. The molecule has 2 heterocycles. The fraction of sp³-hybridized carbons (Fsp3) is 0.476. The third-order valence-electron chi connectivity index (χ3n) is 4.52. The van der Waals surface area contributed by atoms with Crippen molar-refractivity contribution in [1.82, 2.24) is 20.3 Å². The first-order valence-electron chi connectivity index (χ1n) is 10.1. The Labute approximate surface area is 182 Å². The zero-order valence-electron chi connectivity index (χ0n) is 17.7. The minimum absolute atomic E-state index is 0.000105. The summed E-state index contributed by atoms with van der Waals surface area (Å²) >= 11 is 0. The van der Waals surface area contributed by atoms with Gasteiger partial charge in [-0.05, 0) is 38.8 Å². The van der Waals surface area contributed by atoms with Crippen molar-refractivity contribution in [2.75, 3.05) is 13.2 Å². The van der Waals surface area contributed by atoms with E-state index >= 15 is 0 Å². The van der Waals surface area contributed by atoms with Crippen LogP contribution in [0.4, 0.5) is 13.2 Å². The summed E-state index contributed by atoms with van der Waals surface area (Å²) in [7, 11) is 0. The molecule has 0 atom stereocenters. The van der Waals surface area contributed by atoms with E-state index in [0.717, 1.165) is 12.8 Å². The van der Waals surface area contributed by atoms with E-state index in [-0.39, 0.29) is 48.7 Å². The van der Waals surface area contributed by atoms with Crippen LogP contribution in [-0.4, -0.2) is 46.0 Å². The molecule has 1 aliphatic rings. The Hall–Kier alpha value is -3.24. The number of hydrogen-bond donors (Lipinski definition) is 1. The minimum atomic E-state index is -4.49. The molecule has 0 bridgehead atoms. The fourth-order valence-electron chi connectivity index (χ4n) is 2.88. The number of halogens is 3. The molecular weight excluding hydrogens is 429 g/mol. The zero-order valence-corrected chi connectivity index (χ0v) is 17.7. The second-order valence-corrected chi connectivity index (χ2v) is 7.36. The molecule has 0 radical (unpaired) electrons. The molecule has 1 N–H and O–H groups in total. The van der Waals surface area contributed by atoms with Gasteiger partial charge in [0.05, 0.1) is 13.0 Å². The topological polar surface area (TPSA) is 103 Å². The summed E-state index contributed by atoms with van der Waals surface area (Å²) < 4.78 is 47.1. The molecule has 8 nitrogen and oxygen atoms in total. The molecule has 0 aliphatic heterocycles. The first kappa shape index (κ1) is 23.4. The molecule has 0 spiro atoms. The molecule has 2 aromatic rings. The van der Waals surface area contributed by atoms with Gasteiger partial charge in [0.25, 0.3) is 5.91 Å². The Morgan fingerprint density at radius 3 is 2.56 bits per heavy atom. The van der Waals surface area contributed by atoms with Crippen LogP contribution in [0.25, 0.3) is 0 Å². The van der Waals surface area contributed by atoms with Gasteiger partial charge >= 0.3 is 6.18 Å². The van der Waals surface area contributed by atoms with Crippen LogP contribution in [0, 0.1) is 12.8 Å². The summed E-state index contributed by atoms with van der Waals surface area (Å²) in [5.74, 6) is -0.226. The van der Waals surface area contributed by atoms with Crippen molar-refractivity contribution in [3.63, 3.8) is 0 Å².